The van der Waals surface area contributed by atoms with Gasteiger partial charge in [0.2, 0.25) is 5.91 Å². The van der Waals surface area contributed by atoms with Crippen molar-refractivity contribution in [3.05, 3.63) is 81.9 Å². The first-order chi connectivity index (χ1) is 18.6. The predicted molar refractivity (Wildman–Crippen MR) is 147 cm³/mol. The monoisotopic (exact) mass is 586 g/mol. The van der Waals surface area contributed by atoms with Crippen LogP contribution in [0.2, 0.25) is 10.0 Å². The van der Waals surface area contributed by atoms with Gasteiger partial charge in [0, 0.05) is 38.8 Å². The summed E-state index contributed by atoms with van der Waals surface area (Å²) in [5.74, 6) is 1.22. The quantitative estimate of drug-likeness (QED) is 0.272. The van der Waals surface area contributed by atoms with Gasteiger partial charge in [0.05, 0.1) is 29.6 Å². The van der Waals surface area contributed by atoms with E-state index >= 15 is 0 Å². The van der Waals surface area contributed by atoms with Crippen LogP contribution < -0.4 is 10.1 Å². The number of carbonyl (C=O) groups excluding carboxylic acids is 1. The fourth-order valence-corrected chi connectivity index (χ4v) is 5.99. The van der Waals surface area contributed by atoms with Crippen molar-refractivity contribution in [1.29, 1.82) is 0 Å². The Morgan fingerprint density at radius 2 is 1.79 bits per heavy atom. The second kappa shape index (κ2) is 10.6. The molecular formula is C27H24Cl2N4O5S. The van der Waals surface area contributed by atoms with Crippen LogP contribution in [0.15, 0.2) is 64.1 Å². The average Bonchev–Trinajstić information content (AvgIpc) is 3.54. The van der Waals surface area contributed by atoms with Crippen LogP contribution in [0.4, 0.5) is 5.69 Å². The second-order valence-electron chi connectivity index (χ2n) is 9.16. The zero-order valence-corrected chi connectivity index (χ0v) is 23.4. The van der Waals surface area contributed by atoms with E-state index in [9.17, 15) is 13.2 Å². The van der Waals surface area contributed by atoms with Crippen LogP contribution in [0, 0.1) is 0 Å². The maximum atomic E-state index is 12.6. The minimum atomic E-state index is -3.36. The van der Waals surface area contributed by atoms with Gasteiger partial charge >= 0.3 is 0 Å². The third-order valence-corrected chi connectivity index (χ3v) is 8.94. The van der Waals surface area contributed by atoms with Crippen molar-refractivity contribution in [2.75, 3.05) is 18.2 Å². The molecule has 1 fully saturated rings. The van der Waals surface area contributed by atoms with Crippen LogP contribution in [0.3, 0.4) is 0 Å². The van der Waals surface area contributed by atoms with Gasteiger partial charge in [0.25, 0.3) is 5.89 Å². The number of anilines is 1. The standard InChI is InChI=1S/C27H24Cl2N4O5S/c1-3-39(35,36)20-9-6-17(30-15-20)14-23(34)31-18-12-21(28)24(22(29)13-18)27(10-11-27)26-32-25(38-33-26)16-4-7-19(37-2)8-5-16/h4-9,12-13,15H,3,10-11,14H2,1-2H3,(H,31,34). The Hall–Kier alpha value is -3.47. The molecule has 0 unspecified atom stereocenters. The van der Waals surface area contributed by atoms with E-state index in [0.29, 0.717) is 38.7 Å². The molecule has 9 nitrogen and oxygen atoms in total. The van der Waals surface area contributed by atoms with Gasteiger partial charge in [-0.2, -0.15) is 4.98 Å². The Balaban J connectivity index is 1.31. The van der Waals surface area contributed by atoms with Gasteiger partial charge in [-0.15, -0.1) is 0 Å². The lowest BCUT2D eigenvalue weighted by Crippen LogP contribution is -2.17. The molecule has 2 aromatic heterocycles. The molecule has 202 valence electrons. The first kappa shape index (κ1) is 27.1. The number of methoxy groups -OCH3 is 1. The summed E-state index contributed by atoms with van der Waals surface area (Å²) >= 11 is 13.4. The summed E-state index contributed by atoms with van der Waals surface area (Å²) in [6, 6.07) is 13.5. The Kier molecular flexibility index (Phi) is 7.37. The summed E-state index contributed by atoms with van der Waals surface area (Å²) in [7, 11) is -1.76. The van der Waals surface area contributed by atoms with E-state index in [1.807, 2.05) is 24.3 Å². The summed E-state index contributed by atoms with van der Waals surface area (Å²) in [6.07, 6.45) is 2.70. The molecule has 1 amide bonds. The Morgan fingerprint density at radius 3 is 2.36 bits per heavy atom. The van der Waals surface area contributed by atoms with Gasteiger partial charge in [-0.3, -0.25) is 9.78 Å². The lowest BCUT2D eigenvalue weighted by atomic mass is 9.94. The van der Waals surface area contributed by atoms with Crippen molar-refractivity contribution in [3.8, 4) is 17.2 Å². The van der Waals surface area contributed by atoms with Crippen LogP contribution in [0.5, 0.6) is 5.75 Å². The van der Waals surface area contributed by atoms with E-state index in [0.717, 1.165) is 24.2 Å². The topological polar surface area (TPSA) is 124 Å². The molecule has 0 atom stereocenters. The zero-order chi connectivity index (χ0) is 27.8. The molecule has 39 heavy (non-hydrogen) atoms. The Bertz CT molecular complexity index is 1610. The molecule has 1 aliphatic carbocycles. The highest BCUT2D eigenvalue weighted by atomic mass is 35.5. The summed E-state index contributed by atoms with van der Waals surface area (Å²) in [5.41, 5.74) is 1.72. The number of pyridine rings is 1. The molecule has 4 aromatic rings. The van der Waals surface area contributed by atoms with E-state index in [1.165, 1.54) is 18.3 Å². The third kappa shape index (κ3) is 5.50. The molecule has 0 aliphatic heterocycles. The van der Waals surface area contributed by atoms with E-state index in [4.69, 9.17) is 32.5 Å². The fourth-order valence-electron chi connectivity index (χ4n) is 4.32. The SMILES string of the molecule is CCS(=O)(=O)c1ccc(CC(=O)Nc2cc(Cl)c(C3(c4noc(-c5ccc(OC)cc5)n4)CC3)c(Cl)c2)nc1. The van der Waals surface area contributed by atoms with Crippen LogP contribution in [0.1, 0.15) is 36.8 Å². The number of carbonyl (C=O) groups is 1. The maximum absolute atomic E-state index is 12.6. The predicted octanol–water partition coefficient (Wildman–Crippen LogP) is 5.50. The number of hydrogen-bond donors (Lipinski definition) is 1. The first-order valence-corrected chi connectivity index (χ1v) is 14.5. The van der Waals surface area contributed by atoms with Gasteiger partial charge in [0.1, 0.15) is 5.75 Å². The number of hydrogen-bond acceptors (Lipinski definition) is 8. The number of aromatic nitrogens is 3. The summed E-state index contributed by atoms with van der Waals surface area (Å²) in [5, 5.41) is 7.75. The highest BCUT2D eigenvalue weighted by molar-refractivity contribution is 7.91. The lowest BCUT2D eigenvalue weighted by Gasteiger charge is -2.17. The smallest absolute Gasteiger partial charge is 0.257 e. The highest BCUT2D eigenvalue weighted by Crippen LogP contribution is 2.57. The van der Waals surface area contributed by atoms with Gasteiger partial charge in [-0.25, -0.2) is 8.42 Å². The molecule has 0 bridgehead atoms. The van der Waals surface area contributed by atoms with Crippen molar-refractivity contribution in [3.63, 3.8) is 0 Å². The normalized spacial score (nSPS) is 14.2. The minimum absolute atomic E-state index is 0.0239. The molecule has 2 aromatic carbocycles. The number of sulfone groups is 1. The highest BCUT2D eigenvalue weighted by Gasteiger charge is 2.52. The van der Waals surface area contributed by atoms with Gasteiger partial charge in [-0.1, -0.05) is 35.3 Å². The molecule has 2 heterocycles. The van der Waals surface area contributed by atoms with Crippen molar-refractivity contribution in [1.82, 2.24) is 15.1 Å². The van der Waals surface area contributed by atoms with Crippen LogP contribution >= 0.6 is 23.2 Å². The number of halogens is 2. The first-order valence-electron chi connectivity index (χ1n) is 12.1. The molecule has 12 heteroatoms. The van der Waals surface area contributed by atoms with Crippen LogP contribution in [-0.2, 0) is 26.5 Å². The Labute approximate surface area is 235 Å². The van der Waals surface area contributed by atoms with Crippen molar-refractivity contribution in [2.24, 2.45) is 0 Å². The van der Waals surface area contributed by atoms with Crippen molar-refractivity contribution < 1.29 is 22.5 Å². The third-order valence-electron chi connectivity index (χ3n) is 6.62. The largest absolute Gasteiger partial charge is 0.497 e. The van der Waals surface area contributed by atoms with Gasteiger partial charge < -0.3 is 14.6 Å². The molecule has 1 N–H and O–H groups in total. The molecule has 0 saturated heterocycles. The summed E-state index contributed by atoms with van der Waals surface area (Å²) in [4.78, 5) is 21.5. The fraction of sp³-hybridized carbons (Fsp3) is 0.259. The van der Waals surface area contributed by atoms with Crippen molar-refractivity contribution >= 4 is 44.6 Å². The second-order valence-corrected chi connectivity index (χ2v) is 12.3. The van der Waals surface area contributed by atoms with E-state index in [-0.39, 0.29) is 23.0 Å². The molecule has 1 saturated carbocycles. The number of nitrogens with one attached hydrogen (secondary N) is 1. The average molecular weight is 587 g/mol. The molecule has 1 aliphatic rings. The van der Waals surface area contributed by atoms with Crippen LogP contribution in [-0.4, -0.2) is 42.3 Å². The lowest BCUT2D eigenvalue weighted by molar-refractivity contribution is -0.115. The molecule has 5 rings (SSSR count). The van der Waals surface area contributed by atoms with Crippen molar-refractivity contribution in [2.45, 2.75) is 36.5 Å². The van der Waals surface area contributed by atoms with E-state index in [1.54, 1.807) is 26.2 Å². The number of ether oxygens (including phenoxy) is 1. The Morgan fingerprint density at radius 1 is 1.10 bits per heavy atom. The number of benzene rings is 2. The zero-order valence-electron chi connectivity index (χ0n) is 21.1. The van der Waals surface area contributed by atoms with Crippen LogP contribution in [0.25, 0.3) is 11.5 Å². The molecule has 0 spiro atoms. The number of rotatable bonds is 9. The van der Waals surface area contributed by atoms with E-state index in [2.05, 4.69) is 20.4 Å². The summed E-state index contributed by atoms with van der Waals surface area (Å²) < 4.78 is 34.6. The maximum Gasteiger partial charge on any atom is 0.257 e. The van der Waals surface area contributed by atoms with E-state index < -0.39 is 15.3 Å². The van der Waals surface area contributed by atoms with Gasteiger partial charge in [0.15, 0.2) is 15.7 Å². The number of amides is 1. The molecular weight excluding hydrogens is 563 g/mol. The number of nitrogens with zero attached hydrogens (tertiary/aromatic N) is 3. The minimum Gasteiger partial charge on any atom is -0.497 e. The summed E-state index contributed by atoms with van der Waals surface area (Å²) in [6.45, 7) is 1.56. The molecule has 0 radical (unpaired) electrons. The van der Waals surface area contributed by atoms with Gasteiger partial charge in [-0.05, 0) is 61.4 Å².